The summed E-state index contributed by atoms with van der Waals surface area (Å²) in [5.41, 5.74) is 0.224. The summed E-state index contributed by atoms with van der Waals surface area (Å²) in [6.45, 7) is 5.95. The molecule has 8 heteroatoms. The highest BCUT2D eigenvalue weighted by Gasteiger charge is 2.28. The first-order chi connectivity index (χ1) is 11.3. The second-order valence-corrected chi connectivity index (χ2v) is 8.14. The number of ether oxygens (including phenoxy) is 1. The van der Waals surface area contributed by atoms with Gasteiger partial charge >= 0.3 is 0 Å². The minimum Gasteiger partial charge on any atom is -0.496 e. The standard InChI is InChI=1S/C16H25N3O4S/c1-12(2)17-16(20)14-11-13(5-6-15(14)23-4)24(21,22)19-9-7-18(3)8-10-19/h5-6,11-12H,7-10H2,1-4H3,(H,17,20). The van der Waals surface area contributed by atoms with Crippen LogP contribution in [0.1, 0.15) is 24.2 Å². The molecule has 1 aromatic rings. The molecule has 0 bridgehead atoms. The number of piperazine rings is 1. The monoisotopic (exact) mass is 355 g/mol. The fourth-order valence-electron chi connectivity index (χ4n) is 2.54. The summed E-state index contributed by atoms with van der Waals surface area (Å²) in [6, 6.07) is 4.35. The molecule has 134 valence electrons. The van der Waals surface area contributed by atoms with Crippen molar-refractivity contribution in [3.8, 4) is 5.75 Å². The molecule has 7 nitrogen and oxygen atoms in total. The van der Waals surface area contributed by atoms with E-state index in [1.807, 2.05) is 20.9 Å². The largest absolute Gasteiger partial charge is 0.496 e. The van der Waals surface area contributed by atoms with Gasteiger partial charge in [0.05, 0.1) is 17.6 Å². The number of hydrogen-bond acceptors (Lipinski definition) is 5. The fourth-order valence-corrected chi connectivity index (χ4v) is 3.99. The molecule has 24 heavy (non-hydrogen) atoms. The first kappa shape index (κ1) is 18.7. The lowest BCUT2D eigenvalue weighted by Crippen LogP contribution is -2.47. The Morgan fingerprint density at radius 3 is 2.38 bits per heavy atom. The predicted octanol–water partition coefficient (Wildman–Crippen LogP) is 0.770. The summed E-state index contributed by atoms with van der Waals surface area (Å²) < 4.78 is 32.3. The number of carbonyl (C=O) groups excluding carboxylic acids is 1. The molecular weight excluding hydrogens is 330 g/mol. The Labute approximate surface area is 143 Å². The van der Waals surface area contributed by atoms with Crippen molar-refractivity contribution in [2.45, 2.75) is 24.8 Å². The van der Waals surface area contributed by atoms with Gasteiger partial charge in [0.15, 0.2) is 0 Å². The molecular formula is C16H25N3O4S. The molecule has 1 aliphatic rings. The van der Waals surface area contributed by atoms with E-state index in [2.05, 4.69) is 10.2 Å². The number of nitrogens with one attached hydrogen (secondary N) is 1. The summed E-state index contributed by atoms with van der Waals surface area (Å²) in [4.78, 5) is 14.5. The van der Waals surface area contributed by atoms with Gasteiger partial charge in [-0.15, -0.1) is 0 Å². The van der Waals surface area contributed by atoms with Crippen LogP contribution in [0.25, 0.3) is 0 Å². The van der Waals surface area contributed by atoms with Crippen molar-refractivity contribution in [1.29, 1.82) is 0 Å². The summed E-state index contributed by atoms with van der Waals surface area (Å²) in [5, 5.41) is 2.76. The van der Waals surface area contributed by atoms with Gasteiger partial charge in [0.2, 0.25) is 10.0 Å². The first-order valence-electron chi connectivity index (χ1n) is 7.93. The van der Waals surface area contributed by atoms with Gasteiger partial charge in [-0.3, -0.25) is 4.79 Å². The Hall–Kier alpha value is -1.64. The van der Waals surface area contributed by atoms with Crippen molar-refractivity contribution in [2.75, 3.05) is 40.3 Å². The third-order valence-corrected chi connectivity index (χ3v) is 5.83. The van der Waals surface area contributed by atoms with Crippen LogP contribution in [0.3, 0.4) is 0 Å². The van der Waals surface area contributed by atoms with Crippen LogP contribution in [-0.4, -0.2) is 69.9 Å². The number of likely N-dealkylation sites (N-methyl/N-ethyl adjacent to an activating group) is 1. The third kappa shape index (κ3) is 4.06. The van der Waals surface area contributed by atoms with Crippen molar-refractivity contribution >= 4 is 15.9 Å². The highest BCUT2D eigenvalue weighted by Crippen LogP contribution is 2.25. The van der Waals surface area contributed by atoms with Crippen LogP contribution in [0.2, 0.25) is 0 Å². The number of sulfonamides is 1. The van der Waals surface area contributed by atoms with Crippen molar-refractivity contribution < 1.29 is 17.9 Å². The summed E-state index contributed by atoms with van der Waals surface area (Å²) >= 11 is 0. The van der Waals surface area contributed by atoms with E-state index in [1.54, 1.807) is 0 Å². The van der Waals surface area contributed by atoms with Gasteiger partial charge in [0, 0.05) is 32.2 Å². The second kappa shape index (κ2) is 7.50. The van der Waals surface area contributed by atoms with Crippen LogP contribution in [0, 0.1) is 0 Å². The van der Waals surface area contributed by atoms with E-state index in [0.717, 1.165) is 0 Å². The lowest BCUT2D eigenvalue weighted by molar-refractivity contribution is 0.0940. The molecule has 1 aliphatic heterocycles. The maximum Gasteiger partial charge on any atom is 0.255 e. The fraction of sp³-hybridized carbons (Fsp3) is 0.562. The molecule has 1 heterocycles. The molecule has 1 N–H and O–H groups in total. The molecule has 0 saturated carbocycles. The smallest absolute Gasteiger partial charge is 0.255 e. The maximum atomic E-state index is 12.8. The van der Waals surface area contributed by atoms with Crippen LogP contribution >= 0.6 is 0 Å². The van der Waals surface area contributed by atoms with E-state index in [-0.39, 0.29) is 22.4 Å². The topological polar surface area (TPSA) is 79.0 Å². The number of methoxy groups -OCH3 is 1. The molecule has 1 fully saturated rings. The van der Waals surface area contributed by atoms with Gasteiger partial charge in [0.1, 0.15) is 5.75 Å². The van der Waals surface area contributed by atoms with Gasteiger partial charge in [-0.25, -0.2) is 8.42 Å². The molecule has 1 aromatic carbocycles. The molecule has 0 unspecified atom stereocenters. The van der Waals surface area contributed by atoms with Crippen LogP contribution in [-0.2, 0) is 10.0 Å². The van der Waals surface area contributed by atoms with Crippen molar-refractivity contribution in [2.24, 2.45) is 0 Å². The Morgan fingerprint density at radius 2 is 1.83 bits per heavy atom. The molecule has 0 atom stereocenters. The Bertz CT molecular complexity index is 695. The molecule has 1 saturated heterocycles. The number of carbonyl (C=O) groups is 1. The van der Waals surface area contributed by atoms with Gasteiger partial charge in [0.25, 0.3) is 5.91 Å². The zero-order valence-corrected chi connectivity index (χ0v) is 15.4. The SMILES string of the molecule is COc1ccc(S(=O)(=O)N2CCN(C)CC2)cc1C(=O)NC(C)C. The number of nitrogens with zero attached hydrogens (tertiary/aromatic N) is 2. The number of rotatable bonds is 5. The first-order valence-corrected chi connectivity index (χ1v) is 9.37. The lowest BCUT2D eigenvalue weighted by atomic mass is 10.2. The minimum absolute atomic E-state index is 0.0555. The zero-order chi connectivity index (χ0) is 17.9. The Balaban J connectivity index is 2.35. The Kier molecular flexibility index (Phi) is 5.84. The van der Waals surface area contributed by atoms with Crippen LogP contribution in [0.5, 0.6) is 5.75 Å². The third-order valence-electron chi connectivity index (χ3n) is 3.94. The minimum atomic E-state index is -3.62. The van der Waals surface area contributed by atoms with E-state index in [9.17, 15) is 13.2 Å². The average molecular weight is 355 g/mol. The van der Waals surface area contributed by atoms with Crippen LogP contribution in [0.4, 0.5) is 0 Å². The molecule has 2 rings (SSSR count). The summed E-state index contributed by atoms with van der Waals surface area (Å²) in [6.07, 6.45) is 0. The average Bonchev–Trinajstić information content (AvgIpc) is 2.54. The highest BCUT2D eigenvalue weighted by atomic mass is 32.2. The van der Waals surface area contributed by atoms with Gasteiger partial charge in [-0.05, 0) is 39.1 Å². The zero-order valence-electron chi connectivity index (χ0n) is 14.6. The van der Waals surface area contributed by atoms with E-state index in [4.69, 9.17) is 4.74 Å². The Morgan fingerprint density at radius 1 is 1.21 bits per heavy atom. The lowest BCUT2D eigenvalue weighted by Gasteiger charge is -2.31. The van der Waals surface area contributed by atoms with E-state index < -0.39 is 10.0 Å². The summed E-state index contributed by atoms with van der Waals surface area (Å²) in [5.74, 6) is 0.00255. The van der Waals surface area contributed by atoms with Crippen molar-refractivity contribution in [3.05, 3.63) is 23.8 Å². The summed E-state index contributed by atoms with van der Waals surface area (Å²) in [7, 11) is -0.205. The molecule has 0 radical (unpaired) electrons. The van der Waals surface area contributed by atoms with Gasteiger partial charge in [-0.2, -0.15) is 4.31 Å². The highest BCUT2D eigenvalue weighted by molar-refractivity contribution is 7.89. The van der Waals surface area contributed by atoms with Gasteiger partial charge in [-0.1, -0.05) is 0 Å². The number of benzene rings is 1. The van der Waals surface area contributed by atoms with Gasteiger partial charge < -0.3 is 15.0 Å². The molecule has 0 aromatic heterocycles. The van der Waals surface area contributed by atoms with Crippen LogP contribution < -0.4 is 10.1 Å². The quantitative estimate of drug-likeness (QED) is 0.844. The van der Waals surface area contributed by atoms with Crippen molar-refractivity contribution in [3.63, 3.8) is 0 Å². The molecule has 0 aliphatic carbocycles. The maximum absolute atomic E-state index is 12.8. The van der Waals surface area contributed by atoms with E-state index in [1.165, 1.54) is 29.6 Å². The predicted molar refractivity (Wildman–Crippen MR) is 91.9 cm³/mol. The molecule has 1 amide bonds. The number of amides is 1. The van der Waals surface area contributed by atoms with Crippen LogP contribution in [0.15, 0.2) is 23.1 Å². The van der Waals surface area contributed by atoms with E-state index in [0.29, 0.717) is 31.9 Å². The number of hydrogen-bond donors (Lipinski definition) is 1. The molecule has 0 spiro atoms. The normalized spacial score (nSPS) is 17.0. The van der Waals surface area contributed by atoms with Crippen molar-refractivity contribution in [1.82, 2.24) is 14.5 Å². The second-order valence-electron chi connectivity index (χ2n) is 6.20. The van der Waals surface area contributed by atoms with E-state index >= 15 is 0 Å².